The standard InChI is InChI=1S/C22H33N5/c1-5-20-19(21(6-2)26(4)25-20)15-24-22(23-3)27-13-12-18(16-27)14-17-10-8-7-9-11-17/h7-11,18H,5-6,12-16H2,1-4H3,(H,23,24). The van der Waals surface area contributed by atoms with Crippen molar-refractivity contribution in [1.82, 2.24) is 20.0 Å². The van der Waals surface area contributed by atoms with E-state index in [2.05, 4.69) is 64.5 Å². The van der Waals surface area contributed by atoms with Crippen LogP contribution in [0.25, 0.3) is 0 Å². The highest BCUT2D eigenvalue weighted by molar-refractivity contribution is 5.80. The first kappa shape index (κ1) is 19.5. The van der Waals surface area contributed by atoms with Gasteiger partial charge in [0.1, 0.15) is 0 Å². The zero-order valence-corrected chi connectivity index (χ0v) is 17.2. The molecule has 0 spiro atoms. The van der Waals surface area contributed by atoms with Crippen LogP contribution < -0.4 is 5.32 Å². The third kappa shape index (κ3) is 4.52. The summed E-state index contributed by atoms with van der Waals surface area (Å²) in [7, 11) is 3.93. The maximum Gasteiger partial charge on any atom is 0.193 e. The fraction of sp³-hybridized carbons (Fsp3) is 0.545. The molecular weight excluding hydrogens is 334 g/mol. The lowest BCUT2D eigenvalue weighted by atomic mass is 9.99. The smallest absolute Gasteiger partial charge is 0.193 e. The Morgan fingerprint density at radius 3 is 2.67 bits per heavy atom. The van der Waals surface area contributed by atoms with Crippen LogP contribution in [0.2, 0.25) is 0 Å². The lowest BCUT2D eigenvalue weighted by molar-refractivity contribution is 0.459. The number of aromatic nitrogens is 2. The van der Waals surface area contributed by atoms with Crippen molar-refractivity contribution in [2.24, 2.45) is 18.0 Å². The minimum Gasteiger partial charge on any atom is -0.352 e. The molecule has 1 atom stereocenters. The maximum absolute atomic E-state index is 4.68. The lowest BCUT2D eigenvalue weighted by Gasteiger charge is -2.22. The molecule has 1 saturated heterocycles. The van der Waals surface area contributed by atoms with E-state index >= 15 is 0 Å². The largest absolute Gasteiger partial charge is 0.352 e. The summed E-state index contributed by atoms with van der Waals surface area (Å²) < 4.78 is 2.03. The number of hydrogen-bond donors (Lipinski definition) is 1. The van der Waals surface area contributed by atoms with Gasteiger partial charge in [-0.2, -0.15) is 5.10 Å². The maximum atomic E-state index is 4.68. The second kappa shape index (κ2) is 9.07. The first-order chi connectivity index (χ1) is 13.2. The van der Waals surface area contributed by atoms with Gasteiger partial charge in [0, 0.05) is 45.0 Å². The summed E-state index contributed by atoms with van der Waals surface area (Å²) in [6.45, 7) is 7.32. The second-order valence-corrected chi connectivity index (χ2v) is 7.39. The fourth-order valence-corrected chi connectivity index (χ4v) is 4.23. The Balaban J connectivity index is 1.60. The predicted octanol–water partition coefficient (Wildman–Crippen LogP) is 3.18. The molecule has 3 rings (SSSR count). The summed E-state index contributed by atoms with van der Waals surface area (Å²) in [5.74, 6) is 1.71. The molecule has 5 heteroatoms. The first-order valence-corrected chi connectivity index (χ1v) is 10.2. The summed E-state index contributed by atoms with van der Waals surface area (Å²) in [5.41, 5.74) is 5.28. The number of guanidine groups is 1. The minimum absolute atomic E-state index is 0.696. The fourth-order valence-electron chi connectivity index (χ4n) is 4.23. The molecule has 0 amide bonds. The number of rotatable bonds is 6. The predicted molar refractivity (Wildman–Crippen MR) is 112 cm³/mol. The number of nitrogens with zero attached hydrogens (tertiary/aromatic N) is 4. The molecule has 146 valence electrons. The topological polar surface area (TPSA) is 45.5 Å². The second-order valence-electron chi connectivity index (χ2n) is 7.39. The van der Waals surface area contributed by atoms with Gasteiger partial charge in [-0.15, -0.1) is 0 Å². The van der Waals surface area contributed by atoms with Gasteiger partial charge in [-0.1, -0.05) is 44.2 Å². The quantitative estimate of drug-likeness (QED) is 0.630. The van der Waals surface area contributed by atoms with Gasteiger partial charge < -0.3 is 10.2 Å². The molecule has 1 aliphatic rings. The molecule has 0 radical (unpaired) electrons. The summed E-state index contributed by atoms with van der Waals surface area (Å²) in [4.78, 5) is 6.95. The Morgan fingerprint density at radius 2 is 2.00 bits per heavy atom. The van der Waals surface area contributed by atoms with Crippen LogP contribution in [0.4, 0.5) is 0 Å². The van der Waals surface area contributed by atoms with E-state index in [-0.39, 0.29) is 0 Å². The Kier molecular flexibility index (Phi) is 6.54. The number of benzene rings is 1. The highest BCUT2D eigenvalue weighted by Gasteiger charge is 2.25. The van der Waals surface area contributed by atoms with Crippen molar-refractivity contribution in [1.29, 1.82) is 0 Å². The summed E-state index contributed by atoms with van der Waals surface area (Å²) >= 11 is 0. The molecule has 0 aliphatic carbocycles. The number of aliphatic imine (C=N–C) groups is 1. The molecule has 1 aromatic carbocycles. The van der Waals surface area contributed by atoms with Crippen LogP contribution in [-0.2, 0) is 32.9 Å². The van der Waals surface area contributed by atoms with E-state index in [0.717, 1.165) is 44.9 Å². The summed E-state index contributed by atoms with van der Waals surface area (Å²) in [6, 6.07) is 10.8. The SMILES string of the molecule is CCc1nn(C)c(CC)c1CNC(=NC)N1CCC(Cc2ccccc2)C1. The van der Waals surface area contributed by atoms with E-state index in [0.29, 0.717) is 5.92 Å². The lowest BCUT2D eigenvalue weighted by Crippen LogP contribution is -2.40. The van der Waals surface area contributed by atoms with Crippen LogP contribution in [0.1, 0.15) is 42.8 Å². The number of hydrogen-bond acceptors (Lipinski definition) is 2. The Morgan fingerprint density at radius 1 is 1.22 bits per heavy atom. The van der Waals surface area contributed by atoms with Crippen LogP contribution in [0.3, 0.4) is 0 Å². The van der Waals surface area contributed by atoms with E-state index < -0.39 is 0 Å². The van der Waals surface area contributed by atoms with Gasteiger partial charge in [0.15, 0.2) is 5.96 Å². The van der Waals surface area contributed by atoms with Gasteiger partial charge in [0.25, 0.3) is 0 Å². The first-order valence-electron chi connectivity index (χ1n) is 10.2. The average molecular weight is 368 g/mol. The van der Waals surface area contributed by atoms with Crippen molar-refractivity contribution in [3.05, 3.63) is 52.8 Å². The molecule has 0 bridgehead atoms. The molecular formula is C22H33N5. The van der Waals surface area contributed by atoms with Crippen molar-refractivity contribution in [3.8, 4) is 0 Å². The van der Waals surface area contributed by atoms with Crippen molar-refractivity contribution >= 4 is 5.96 Å². The molecule has 27 heavy (non-hydrogen) atoms. The van der Waals surface area contributed by atoms with Crippen LogP contribution in [-0.4, -0.2) is 40.8 Å². The average Bonchev–Trinajstić information content (AvgIpc) is 3.27. The van der Waals surface area contributed by atoms with Gasteiger partial charge in [0.2, 0.25) is 0 Å². The van der Waals surface area contributed by atoms with E-state index in [4.69, 9.17) is 0 Å². The van der Waals surface area contributed by atoms with Gasteiger partial charge in [0.05, 0.1) is 5.69 Å². The molecule has 2 aromatic rings. The Labute approximate surface area is 163 Å². The molecule has 0 saturated carbocycles. The van der Waals surface area contributed by atoms with Gasteiger partial charge in [-0.3, -0.25) is 9.67 Å². The summed E-state index contributed by atoms with van der Waals surface area (Å²) in [5, 5.41) is 8.28. The Bertz CT molecular complexity index is 763. The van der Waals surface area contributed by atoms with Crippen LogP contribution in [0, 0.1) is 5.92 Å². The van der Waals surface area contributed by atoms with Crippen LogP contribution >= 0.6 is 0 Å². The van der Waals surface area contributed by atoms with E-state index in [1.807, 2.05) is 18.8 Å². The molecule has 5 nitrogen and oxygen atoms in total. The van der Waals surface area contributed by atoms with E-state index in [1.54, 1.807) is 0 Å². The molecule has 1 aliphatic heterocycles. The van der Waals surface area contributed by atoms with E-state index in [9.17, 15) is 0 Å². The highest BCUT2D eigenvalue weighted by atomic mass is 15.3. The molecule has 1 fully saturated rings. The van der Waals surface area contributed by atoms with Gasteiger partial charge in [-0.05, 0) is 37.2 Å². The molecule has 2 heterocycles. The molecule has 1 aromatic heterocycles. The van der Waals surface area contributed by atoms with E-state index in [1.165, 1.54) is 28.9 Å². The number of aryl methyl sites for hydroxylation is 2. The van der Waals surface area contributed by atoms with Crippen molar-refractivity contribution in [2.45, 2.75) is 46.1 Å². The zero-order valence-electron chi connectivity index (χ0n) is 17.2. The minimum atomic E-state index is 0.696. The zero-order chi connectivity index (χ0) is 19.2. The molecule has 1 N–H and O–H groups in total. The van der Waals surface area contributed by atoms with Crippen molar-refractivity contribution < 1.29 is 0 Å². The molecule has 1 unspecified atom stereocenters. The third-order valence-electron chi connectivity index (χ3n) is 5.62. The van der Waals surface area contributed by atoms with Gasteiger partial charge in [-0.25, -0.2) is 0 Å². The van der Waals surface area contributed by atoms with Crippen LogP contribution in [0.15, 0.2) is 35.3 Å². The normalized spacial score (nSPS) is 17.6. The highest BCUT2D eigenvalue weighted by Crippen LogP contribution is 2.21. The van der Waals surface area contributed by atoms with Crippen molar-refractivity contribution in [2.75, 3.05) is 20.1 Å². The summed E-state index contributed by atoms with van der Waals surface area (Å²) in [6.07, 6.45) is 4.34. The van der Waals surface area contributed by atoms with Crippen LogP contribution in [0.5, 0.6) is 0 Å². The number of likely N-dealkylation sites (tertiary alicyclic amines) is 1. The Hall–Kier alpha value is -2.30. The monoisotopic (exact) mass is 367 g/mol. The van der Waals surface area contributed by atoms with Gasteiger partial charge >= 0.3 is 0 Å². The third-order valence-corrected chi connectivity index (χ3v) is 5.62. The van der Waals surface area contributed by atoms with Crippen molar-refractivity contribution in [3.63, 3.8) is 0 Å². The number of nitrogens with one attached hydrogen (secondary N) is 1.